The molecule has 0 amide bonds. The molecule has 1 saturated carbocycles. The number of ether oxygens (including phenoxy) is 1. The van der Waals surface area contributed by atoms with Crippen molar-refractivity contribution in [2.45, 2.75) is 31.6 Å². The zero-order valence-electron chi connectivity index (χ0n) is 14.8. The number of alkyl halides is 2. The summed E-state index contributed by atoms with van der Waals surface area (Å²) in [5.74, 6) is -1.97. The summed E-state index contributed by atoms with van der Waals surface area (Å²) >= 11 is 0. The Kier molecular flexibility index (Phi) is 5.09. The van der Waals surface area contributed by atoms with Gasteiger partial charge < -0.3 is 9.64 Å². The van der Waals surface area contributed by atoms with E-state index in [-0.39, 0.29) is 6.42 Å². The Morgan fingerprint density at radius 3 is 2.00 bits per heavy atom. The summed E-state index contributed by atoms with van der Waals surface area (Å²) in [6.07, 6.45) is -0.133. The fraction of sp³-hybridized carbons (Fsp3) is 0.429. The highest BCUT2D eigenvalue weighted by atomic mass is 19.3. The van der Waals surface area contributed by atoms with Crippen LogP contribution in [0.2, 0.25) is 0 Å². The fourth-order valence-electron chi connectivity index (χ4n) is 3.47. The van der Waals surface area contributed by atoms with Crippen molar-refractivity contribution in [3.05, 3.63) is 65.7 Å². The van der Waals surface area contributed by atoms with Crippen LogP contribution in [0.4, 0.5) is 8.78 Å². The monoisotopic (exact) mass is 345 g/mol. The van der Waals surface area contributed by atoms with Crippen LogP contribution in [0.1, 0.15) is 31.4 Å². The summed E-state index contributed by atoms with van der Waals surface area (Å²) in [6, 6.07) is 16.2. The molecule has 0 N–H and O–H groups in total. The van der Waals surface area contributed by atoms with Crippen LogP contribution in [-0.2, 0) is 5.41 Å². The minimum absolute atomic E-state index is 0.133. The van der Waals surface area contributed by atoms with Crippen molar-refractivity contribution in [2.75, 3.05) is 26.2 Å². The number of hydrogen-bond acceptors (Lipinski definition) is 2. The number of nitrogens with zero attached hydrogens (tertiary/aromatic N) is 1. The van der Waals surface area contributed by atoms with Gasteiger partial charge in [0.25, 0.3) is 5.92 Å². The smallest absolute Gasteiger partial charge is 0.263 e. The van der Waals surface area contributed by atoms with Gasteiger partial charge in [0.1, 0.15) is 12.4 Å². The molecule has 0 heterocycles. The van der Waals surface area contributed by atoms with Crippen LogP contribution < -0.4 is 4.74 Å². The lowest BCUT2D eigenvalue weighted by molar-refractivity contribution is 0.0966. The molecule has 25 heavy (non-hydrogen) atoms. The van der Waals surface area contributed by atoms with Crippen molar-refractivity contribution in [1.82, 2.24) is 4.90 Å². The first-order chi connectivity index (χ1) is 12.0. The maximum absolute atomic E-state index is 14.3. The molecule has 0 unspecified atom stereocenters. The van der Waals surface area contributed by atoms with Gasteiger partial charge in [0.2, 0.25) is 0 Å². The van der Waals surface area contributed by atoms with Gasteiger partial charge in [-0.3, -0.25) is 0 Å². The van der Waals surface area contributed by atoms with Crippen molar-refractivity contribution in [2.24, 2.45) is 0 Å². The zero-order valence-corrected chi connectivity index (χ0v) is 14.8. The molecule has 1 atom stereocenters. The topological polar surface area (TPSA) is 12.5 Å². The van der Waals surface area contributed by atoms with E-state index in [4.69, 9.17) is 4.74 Å². The third kappa shape index (κ3) is 3.40. The summed E-state index contributed by atoms with van der Waals surface area (Å²) in [5.41, 5.74) is 0.142. The van der Waals surface area contributed by atoms with Gasteiger partial charge in [0.05, 0.1) is 5.41 Å². The Morgan fingerprint density at radius 2 is 1.48 bits per heavy atom. The van der Waals surface area contributed by atoms with E-state index >= 15 is 0 Å². The van der Waals surface area contributed by atoms with E-state index in [0.29, 0.717) is 17.7 Å². The second-order valence-electron chi connectivity index (χ2n) is 6.55. The van der Waals surface area contributed by atoms with Gasteiger partial charge in [-0.1, -0.05) is 56.3 Å². The number of halogens is 2. The molecule has 3 rings (SSSR count). The van der Waals surface area contributed by atoms with Crippen LogP contribution in [0.3, 0.4) is 0 Å². The molecule has 1 fully saturated rings. The highest BCUT2D eigenvalue weighted by molar-refractivity contribution is 5.51. The fourth-order valence-corrected chi connectivity index (χ4v) is 3.47. The normalized spacial score (nSPS) is 21.3. The lowest BCUT2D eigenvalue weighted by Crippen LogP contribution is -2.27. The molecule has 134 valence electrons. The molecule has 4 heteroatoms. The van der Waals surface area contributed by atoms with Crippen molar-refractivity contribution in [3.8, 4) is 5.75 Å². The van der Waals surface area contributed by atoms with E-state index in [9.17, 15) is 8.78 Å². The van der Waals surface area contributed by atoms with Gasteiger partial charge in [-0.15, -0.1) is 0 Å². The van der Waals surface area contributed by atoms with Crippen LogP contribution in [0.25, 0.3) is 0 Å². The Morgan fingerprint density at radius 1 is 0.920 bits per heavy atom. The Hall–Kier alpha value is -1.94. The van der Waals surface area contributed by atoms with Crippen LogP contribution in [0.15, 0.2) is 54.6 Å². The van der Waals surface area contributed by atoms with Crippen LogP contribution in [0.5, 0.6) is 5.75 Å². The van der Waals surface area contributed by atoms with Crippen LogP contribution in [0, 0.1) is 0 Å². The second kappa shape index (κ2) is 7.12. The predicted octanol–water partition coefficient (Wildman–Crippen LogP) is 4.73. The van der Waals surface area contributed by atoms with E-state index in [1.807, 2.05) is 18.2 Å². The summed E-state index contributed by atoms with van der Waals surface area (Å²) in [6.45, 7) is 7.69. The summed E-state index contributed by atoms with van der Waals surface area (Å²) < 4.78 is 34.3. The van der Waals surface area contributed by atoms with E-state index in [1.54, 1.807) is 36.4 Å². The van der Waals surface area contributed by atoms with Gasteiger partial charge >= 0.3 is 0 Å². The number of benzene rings is 2. The van der Waals surface area contributed by atoms with Crippen molar-refractivity contribution in [1.29, 1.82) is 0 Å². The molecule has 0 aromatic heterocycles. The van der Waals surface area contributed by atoms with Crippen LogP contribution >= 0.6 is 0 Å². The number of likely N-dealkylation sites (N-methyl/N-ethyl adjacent to an activating group) is 1. The molecular weight excluding hydrogens is 320 g/mol. The highest BCUT2D eigenvalue weighted by Crippen LogP contribution is 2.65. The highest BCUT2D eigenvalue weighted by Gasteiger charge is 2.72. The SMILES string of the molecule is CCN(CC)CCOc1ccc([C@@]2(c3ccccc3)CC2(F)F)cc1. The van der Waals surface area contributed by atoms with Gasteiger partial charge in [0, 0.05) is 13.0 Å². The molecule has 0 spiro atoms. The third-order valence-corrected chi connectivity index (χ3v) is 5.17. The summed E-state index contributed by atoms with van der Waals surface area (Å²) in [4.78, 5) is 2.28. The average Bonchev–Trinajstić information content (AvgIpc) is 3.24. The van der Waals surface area contributed by atoms with E-state index in [0.717, 1.165) is 25.4 Å². The summed E-state index contributed by atoms with van der Waals surface area (Å²) in [5, 5.41) is 0. The largest absolute Gasteiger partial charge is 0.492 e. The molecule has 2 aromatic rings. The zero-order chi connectivity index (χ0) is 17.9. The van der Waals surface area contributed by atoms with Crippen molar-refractivity contribution < 1.29 is 13.5 Å². The quantitative estimate of drug-likeness (QED) is 0.686. The predicted molar refractivity (Wildman–Crippen MR) is 96.5 cm³/mol. The number of hydrogen-bond donors (Lipinski definition) is 0. The van der Waals surface area contributed by atoms with Crippen molar-refractivity contribution >= 4 is 0 Å². The first kappa shape index (κ1) is 17.9. The minimum Gasteiger partial charge on any atom is -0.492 e. The van der Waals surface area contributed by atoms with Crippen molar-refractivity contribution in [3.63, 3.8) is 0 Å². The Labute approximate surface area is 148 Å². The molecule has 0 bridgehead atoms. The van der Waals surface area contributed by atoms with Crippen LogP contribution in [-0.4, -0.2) is 37.1 Å². The Balaban J connectivity index is 1.71. The lowest BCUT2D eigenvalue weighted by atomic mass is 9.87. The molecule has 0 saturated heterocycles. The first-order valence-electron chi connectivity index (χ1n) is 8.92. The van der Waals surface area contributed by atoms with E-state index in [1.165, 1.54) is 0 Å². The standard InChI is InChI=1S/C21H25F2NO/c1-3-24(4-2)14-15-25-19-12-10-18(11-13-19)20(16-21(20,22)23)17-8-6-5-7-9-17/h5-13H,3-4,14-16H2,1-2H3/t20-/m0/s1. The lowest BCUT2D eigenvalue weighted by Gasteiger charge is -2.19. The molecule has 0 aliphatic heterocycles. The maximum atomic E-state index is 14.3. The molecule has 2 nitrogen and oxygen atoms in total. The Bertz CT molecular complexity index is 683. The molecule has 2 aromatic carbocycles. The first-order valence-corrected chi connectivity index (χ1v) is 8.92. The maximum Gasteiger partial charge on any atom is 0.263 e. The van der Waals surface area contributed by atoms with Gasteiger partial charge in [-0.2, -0.15) is 0 Å². The molecule has 1 aliphatic rings. The molecule has 0 radical (unpaired) electrons. The minimum atomic E-state index is -2.69. The van der Waals surface area contributed by atoms with Gasteiger partial charge in [-0.05, 0) is 36.3 Å². The summed E-state index contributed by atoms with van der Waals surface area (Å²) in [7, 11) is 0. The average molecular weight is 345 g/mol. The third-order valence-electron chi connectivity index (χ3n) is 5.17. The molecule has 1 aliphatic carbocycles. The van der Waals surface area contributed by atoms with E-state index in [2.05, 4.69) is 18.7 Å². The molecular formula is C21H25F2NO. The van der Waals surface area contributed by atoms with Gasteiger partial charge in [0.15, 0.2) is 0 Å². The van der Waals surface area contributed by atoms with Gasteiger partial charge in [-0.25, -0.2) is 8.78 Å². The van der Waals surface area contributed by atoms with E-state index < -0.39 is 11.3 Å². The second-order valence-corrected chi connectivity index (χ2v) is 6.55. The number of rotatable bonds is 8.